The van der Waals surface area contributed by atoms with E-state index in [9.17, 15) is 9.90 Å². The highest BCUT2D eigenvalue weighted by atomic mass is 16.5. The molecule has 0 saturated carbocycles. The molecule has 2 N–H and O–H groups in total. The van der Waals surface area contributed by atoms with Crippen LogP contribution in [0.5, 0.6) is 17.2 Å². The average molecular weight is 331 g/mol. The number of hydrogen-bond donors (Lipinski definition) is 2. The molecule has 0 radical (unpaired) electrons. The Labute approximate surface area is 141 Å². The van der Waals surface area contributed by atoms with Crippen molar-refractivity contribution in [1.82, 2.24) is 5.32 Å². The summed E-state index contributed by atoms with van der Waals surface area (Å²) in [6, 6.07) is 13.8. The Balaban J connectivity index is 1.75. The lowest BCUT2D eigenvalue weighted by molar-refractivity contribution is 0.0843. The van der Waals surface area contributed by atoms with Crippen LogP contribution in [0.3, 0.4) is 0 Å². The molecule has 0 aliphatic carbocycles. The van der Waals surface area contributed by atoms with Gasteiger partial charge in [-0.25, -0.2) is 0 Å². The number of carbonyl (C=O) groups excluding carboxylic acids is 1. The van der Waals surface area contributed by atoms with Crippen LogP contribution in [0.25, 0.3) is 0 Å². The molecule has 1 amide bonds. The molecule has 2 aromatic carbocycles. The maximum atomic E-state index is 12.0. The molecule has 0 saturated heterocycles. The molecule has 6 heteroatoms. The fourth-order valence-corrected chi connectivity index (χ4v) is 1.98. The average Bonchev–Trinajstić information content (AvgIpc) is 2.64. The summed E-state index contributed by atoms with van der Waals surface area (Å²) in [4.78, 5) is 12.0. The van der Waals surface area contributed by atoms with E-state index in [-0.39, 0.29) is 19.1 Å². The smallest absolute Gasteiger partial charge is 0.251 e. The van der Waals surface area contributed by atoms with Crippen LogP contribution in [-0.2, 0) is 0 Å². The first-order valence-corrected chi connectivity index (χ1v) is 7.49. The van der Waals surface area contributed by atoms with E-state index in [0.29, 0.717) is 17.1 Å². The molecule has 0 spiro atoms. The summed E-state index contributed by atoms with van der Waals surface area (Å²) in [5.41, 5.74) is 0.499. The van der Waals surface area contributed by atoms with E-state index in [0.717, 1.165) is 5.75 Å². The molecular formula is C18H21NO5. The lowest BCUT2D eigenvalue weighted by Gasteiger charge is -2.13. The van der Waals surface area contributed by atoms with Gasteiger partial charge in [-0.15, -0.1) is 0 Å². The zero-order valence-corrected chi connectivity index (χ0v) is 13.7. The lowest BCUT2D eigenvalue weighted by atomic mass is 10.2. The van der Waals surface area contributed by atoms with Crippen LogP contribution in [0.15, 0.2) is 48.5 Å². The number of aliphatic hydroxyl groups excluding tert-OH is 1. The molecular weight excluding hydrogens is 310 g/mol. The number of methoxy groups -OCH3 is 2. The van der Waals surface area contributed by atoms with E-state index < -0.39 is 6.10 Å². The number of benzene rings is 2. The number of amides is 1. The zero-order chi connectivity index (χ0) is 17.4. The third-order valence-corrected chi connectivity index (χ3v) is 3.35. The van der Waals surface area contributed by atoms with E-state index in [1.54, 1.807) is 62.8 Å². The molecule has 0 heterocycles. The fraction of sp³-hybridized carbons (Fsp3) is 0.278. The molecule has 0 aliphatic heterocycles. The summed E-state index contributed by atoms with van der Waals surface area (Å²) in [6.07, 6.45) is -0.811. The van der Waals surface area contributed by atoms with Gasteiger partial charge in [0.05, 0.1) is 14.2 Å². The topological polar surface area (TPSA) is 77.0 Å². The Hall–Kier alpha value is -2.73. The van der Waals surface area contributed by atoms with Crippen LogP contribution >= 0.6 is 0 Å². The van der Waals surface area contributed by atoms with Crippen molar-refractivity contribution < 1.29 is 24.1 Å². The second-order valence-electron chi connectivity index (χ2n) is 5.08. The molecule has 2 rings (SSSR count). The molecule has 24 heavy (non-hydrogen) atoms. The third-order valence-electron chi connectivity index (χ3n) is 3.35. The number of rotatable bonds is 8. The van der Waals surface area contributed by atoms with Crippen LogP contribution in [0.2, 0.25) is 0 Å². The summed E-state index contributed by atoms with van der Waals surface area (Å²) in [6.45, 7) is 0.177. The van der Waals surface area contributed by atoms with E-state index in [1.165, 1.54) is 0 Å². The minimum Gasteiger partial charge on any atom is -0.497 e. The van der Waals surface area contributed by atoms with E-state index >= 15 is 0 Å². The number of nitrogens with one attached hydrogen (secondary N) is 1. The number of ether oxygens (including phenoxy) is 3. The van der Waals surface area contributed by atoms with Gasteiger partial charge in [-0.05, 0) is 48.5 Å². The van der Waals surface area contributed by atoms with E-state index in [4.69, 9.17) is 14.2 Å². The predicted octanol–water partition coefficient (Wildman–Crippen LogP) is 1.87. The van der Waals surface area contributed by atoms with Crippen molar-refractivity contribution in [3.05, 3.63) is 54.1 Å². The highest BCUT2D eigenvalue weighted by Gasteiger charge is 2.10. The SMILES string of the molecule is COc1ccc(OC[C@@H](O)CNC(=O)c2ccc(OC)cc2)cc1. The number of carbonyl (C=O) groups is 1. The predicted molar refractivity (Wildman–Crippen MR) is 89.8 cm³/mol. The molecule has 128 valence electrons. The quantitative estimate of drug-likeness (QED) is 0.772. The van der Waals surface area contributed by atoms with Gasteiger partial charge in [-0.1, -0.05) is 0 Å². The largest absolute Gasteiger partial charge is 0.497 e. The van der Waals surface area contributed by atoms with E-state index in [2.05, 4.69) is 5.32 Å². The van der Waals surface area contributed by atoms with Crippen molar-refractivity contribution in [2.45, 2.75) is 6.10 Å². The number of hydrogen-bond acceptors (Lipinski definition) is 5. The van der Waals surface area contributed by atoms with Crippen molar-refractivity contribution in [2.75, 3.05) is 27.4 Å². The van der Waals surface area contributed by atoms with Gasteiger partial charge >= 0.3 is 0 Å². The summed E-state index contributed by atoms with van der Waals surface area (Å²) >= 11 is 0. The standard InChI is InChI=1S/C18H21NO5/c1-22-15-5-3-13(4-6-15)18(21)19-11-14(20)12-24-17-9-7-16(23-2)8-10-17/h3-10,14,20H,11-12H2,1-2H3,(H,19,21)/t14-/m0/s1. The van der Waals surface area contributed by atoms with Crippen LogP contribution in [0.4, 0.5) is 0 Å². The van der Waals surface area contributed by atoms with Gasteiger partial charge < -0.3 is 24.6 Å². The van der Waals surface area contributed by atoms with Crippen LogP contribution in [0.1, 0.15) is 10.4 Å². The van der Waals surface area contributed by atoms with Crippen LogP contribution in [0, 0.1) is 0 Å². The Morgan fingerprint density at radius 2 is 1.46 bits per heavy atom. The highest BCUT2D eigenvalue weighted by molar-refractivity contribution is 5.94. The second kappa shape index (κ2) is 8.79. The molecule has 0 aliphatic rings. The van der Waals surface area contributed by atoms with Gasteiger partial charge in [-0.2, -0.15) is 0 Å². The van der Waals surface area contributed by atoms with Crippen LogP contribution in [-0.4, -0.2) is 44.5 Å². The van der Waals surface area contributed by atoms with Crippen molar-refractivity contribution in [3.8, 4) is 17.2 Å². The maximum Gasteiger partial charge on any atom is 0.251 e. The molecule has 0 bridgehead atoms. The first-order chi connectivity index (χ1) is 11.6. The van der Waals surface area contributed by atoms with Gasteiger partial charge in [0.25, 0.3) is 5.91 Å². The first-order valence-electron chi connectivity index (χ1n) is 7.49. The second-order valence-corrected chi connectivity index (χ2v) is 5.08. The Bertz CT molecular complexity index is 639. The van der Waals surface area contributed by atoms with Gasteiger partial charge in [0, 0.05) is 12.1 Å². The number of aliphatic hydroxyl groups is 1. The monoisotopic (exact) mass is 331 g/mol. The molecule has 1 atom stereocenters. The van der Waals surface area contributed by atoms with Gasteiger partial charge in [0.2, 0.25) is 0 Å². The summed E-state index contributed by atoms with van der Waals surface area (Å²) in [7, 11) is 3.15. The fourth-order valence-electron chi connectivity index (χ4n) is 1.98. The Morgan fingerprint density at radius 1 is 0.958 bits per heavy atom. The maximum absolute atomic E-state index is 12.0. The van der Waals surface area contributed by atoms with Crippen molar-refractivity contribution in [1.29, 1.82) is 0 Å². The van der Waals surface area contributed by atoms with Gasteiger partial charge in [-0.3, -0.25) is 4.79 Å². The van der Waals surface area contributed by atoms with E-state index in [1.807, 2.05) is 0 Å². The lowest BCUT2D eigenvalue weighted by Crippen LogP contribution is -2.35. The van der Waals surface area contributed by atoms with Crippen LogP contribution < -0.4 is 19.5 Å². The minimum atomic E-state index is -0.811. The summed E-state index contributed by atoms with van der Waals surface area (Å²) in [5.74, 6) is 1.77. The Kier molecular flexibility index (Phi) is 6.45. The molecule has 0 aromatic heterocycles. The third kappa shape index (κ3) is 5.17. The minimum absolute atomic E-state index is 0.0786. The normalized spacial score (nSPS) is 11.5. The van der Waals surface area contributed by atoms with Crippen molar-refractivity contribution in [2.24, 2.45) is 0 Å². The van der Waals surface area contributed by atoms with Crippen molar-refractivity contribution in [3.63, 3.8) is 0 Å². The highest BCUT2D eigenvalue weighted by Crippen LogP contribution is 2.17. The summed E-state index contributed by atoms with van der Waals surface area (Å²) < 4.78 is 15.6. The first kappa shape index (κ1) is 17.6. The summed E-state index contributed by atoms with van der Waals surface area (Å²) in [5, 5.41) is 12.6. The zero-order valence-electron chi connectivity index (χ0n) is 13.7. The molecule has 6 nitrogen and oxygen atoms in total. The molecule has 0 unspecified atom stereocenters. The van der Waals surface area contributed by atoms with Crippen molar-refractivity contribution >= 4 is 5.91 Å². The van der Waals surface area contributed by atoms with Gasteiger partial charge in [0.15, 0.2) is 0 Å². The molecule has 0 fully saturated rings. The molecule has 2 aromatic rings. The Morgan fingerprint density at radius 3 is 2.00 bits per heavy atom. The van der Waals surface area contributed by atoms with Gasteiger partial charge in [0.1, 0.15) is 30.0 Å².